The fraction of sp³-hybridized carbons (Fsp3) is 0.333. The Bertz CT molecular complexity index is 463. The highest BCUT2D eigenvalue weighted by molar-refractivity contribution is 6.42. The normalized spacial score (nSPS) is 12.3. The number of carboxylic acid groups (broad SMARTS) is 1. The number of benzene rings is 1. The molecule has 0 aliphatic carbocycles. The summed E-state index contributed by atoms with van der Waals surface area (Å²) in [6.45, 7) is 3.45. The highest BCUT2D eigenvalue weighted by atomic mass is 35.5. The molecule has 1 rings (SSSR count). The number of nitrogens with zero attached hydrogens (tertiary/aromatic N) is 1. The molecule has 1 atom stereocenters. The molecule has 1 N–H and O–H groups in total. The second-order valence-corrected chi connectivity index (χ2v) is 4.82. The monoisotopic (exact) mass is 289 g/mol. The van der Waals surface area contributed by atoms with E-state index in [1.807, 2.05) is 0 Å². The average molecular weight is 290 g/mol. The van der Waals surface area contributed by atoms with Crippen LogP contribution < -0.4 is 0 Å². The van der Waals surface area contributed by atoms with Crippen molar-refractivity contribution in [1.82, 2.24) is 4.90 Å². The van der Waals surface area contributed by atoms with Crippen LogP contribution in [-0.2, 0) is 9.59 Å². The van der Waals surface area contributed by atoms with Crippen molar-refractivity contribution < 1.29 is 14.7 Å². The fourth-order valence-electron chi connectivity index (χ4n) is 1.63. The van der Waals surface area contributed by atoms with Crippen LogP contribution in [0.15, 0.2) is 18.2 Å². The summed E-state index contributed by atoms with van der Waals surface area (Å²) in [5.41, 5.74) is 0.303. The summed E-state index contributed by atoms with van der Waals surface area (Å²) in [6.07, 6.45) is 0.501. The van der Waals surface area contributed by atoms with Gasteiger partial charge in [-0.05, 0) is 19.9 Å². The molecule has 6 heteroatoms. The molecule has 1 aromatic carbocycles. The Balaban J connectivity index is 3.32. The smallest absolute Gasteiger partial charge is 0.331 e. The first-order valence-corrected chi connectivity index (χ1v) is 6.05. The molecule has 0 radical (unpaired) electrons. The highest BCUT2D eigenvalue weighted by Gasteiger charge is 2.30. The number of carbonyl (C=O) groups is 2. The lowest BCUT2D eigenvalue weighted by Gasteiger charge is -2.29. The van der Waals surface area contributed by atoms with Crippen molar-refractivity contribution in [2.45, 2.75) is 25.9 Å². The number of hydrogen-bond donors (Lipinski definition) is 1. The lowest BCUT2D eigenvalue weighted by molar-refractivity contribution is -0.147. The minimum Gasteiger partial charge on any atom is -0.479 e. The molecule has 1 aromatic rings. The van der Waals surface area contributed by atoms with E-state index in [4.69, 9.17) is 23.2 Å². The summed E-state index contributed by atoms with van der Waals surface area (Å²) in [5.74, 6) is -1.15. The zero-order valence-electron chi connectivity index (χ0n) is 9.93. The number of carboxylic acids is 1. The predicted octanol–water partition coefficient (Wildman–Crippen LogP) is 2.99. The van der Waals surface area contributed by atoms with Crippen LogP contribution in [0.2, 0.25) is 10.0 Å². The summed E-state index contributed by atoms with van der Waals surface area (Å²) in [7, 11) is 0. The van der Waals surface area contributed by atoms with Gasteiger partial charge in [-0.15, -0.1) is 0 Å². The van der Waals surface area contributed by atoms with E-state index >= 15 is 0 Å². The average Bonchev–Trinajstić information content (AvgIpc) is 2.29. The topological polar surface area (TPSA) is 57.6 Å². The van der Waals surface area contributed by atoms with E-state index in [-0.39, 0.29) is 16.1 Å². The van der Waals surface area contributed by atoms with Crippen molar-refractivity contribution >= 4 is 35.6 Å². The molecule has 0 aliphatic rings. The maximum atomic E-state index is 11.4. The quantitative estimate of drug-likeness (QED) is 0.848. The Hall–Kier alpha value is -1.26. The van der Waals surface area contributed by atoms with E-state index in [2.05, 4.69) is 0 Å². The summed E-state index contributed by atoms with van der Waals surface area (Å²) >= 11 is 11.9. The van der Waals surface area contributed by atoms with Crippen LogP contribution in [0, 0.1) is 0 Å². The third-order valence-electron chi connectivity index (χ3n) is 2.53. The van der Waals surface area contributed by atoms with Crippen molar-refractivity contribution in [3.05, 3.63) is 33.8 Å². The van der Waals surface area contributed by atoms with Gasteiger partial charge in [0.05, 0.1) is 10.0 Å². The Morgan fingerprint density at radius 1 is 1.39 bits per heavy atom. The van der Waals surface area contributed by atoms with Gasteiger partial charge in [-0.3, -0.25) is 4.79 Å². The summed E-state index contributed by atoms with van der Waals surface area (Å²) < 4.78 is 0. The molecule has 1 unspecified atom stereocenters. The van der Waals surface area contributed by atoms with Gasteiger partial charge < -0.3 is 10.0 Å². The van der Waals surface area contributed by atoms with Gasteiger partial charge in [-0.2, -0.15) is 0 Å². The Labute approximate surface area is 115 Å². The van der Waals surface area contributed by atoms with E-state index in [9.17, 15) is 14.7 Å². The Kier molecular flexibility index (Phi) is 4.99. The molecule has 4 nitrogen and oxygen atoms in total. The van der Waals surface area contributed by atoms with Crippen LogP contribution in [0.4, 0.5) is 0 Å². The van der Waals surface area contributed by atoms with Crippen molar-refractivity contribution in [1.29, 1.82) is 0 Å². The molecule has 18 heavy (non-hydrogen) atoms. The van der Waals surface area contributed by atoms with Gasteiger partial charge in [0.1, 0.15) is 0 Å². The molecule has 0 saturated carbocycles. The minimum atomic E-state index is -1.15. The SMILES string of the molecule is CC(C)N(C=O)C(C(=O)O)c1cccc(Cl)c1Cl. The van der Waals surface area contributed by atoms with E-state index in [1.165, 1.54) is 4.90 Å². The van der Waals surface area contributed by atoms with Crippen LogP contribution in [0.3, 0.4) is 0 Å². The summed E-state index contributed by atoms with van der Waals surface area (Å²) in [6, 6.07) is 3.30. The third-order valence-corrected chi connectivity index (χ3v) is 3.36. The van der Waals surface area contributed by atoms with Gasteiger partial charge >= 0.3 is 5.97 Å². The molecule has 0 saturated heterocycles. The molecule has 0 spiro atoms. The van der Waals surface area contributed by atoms with Gasteiger partial charge in [0.25, 0.3) is 0 Å². The standard InChI is InChI=1S/C12H13Cl2NO3/c1-7(2)15(6-16)11(12(17)18)8-4-3-5-9(13)10(8)14/h3-7,11H,1-2H3,(H,17,18). The van der Waals surface area contributed by atoms with Gasteiger partial charge in [-0.1, -0.05) is 35.3 Å². The number of aliphatic carboxylic acids is 1. The summed E-state index contributed by atoms with van der Waals surface area (Å²) in [4.78, 5) is 23.6. The maximum absolute atomic E-state index is 11.4. The molecular formula is C12H13Cl2NO3. The number of halogens is 2. The molecule has 0 aliphatic heterocycles. The maximum Gasteiger partial charge on any atom is 0.331 e. The molecule has 0 bridgehead atoms. The second-order valence-electron chi connectivity index (χ2n) is 4.03. The molecule has 0 fully saturated rings. The lowest BCUT2D eigenvalue weighted by Crippen LogP contribution is -2.38. The molecule has 0 aromatic heterocycles. The molecule has 98 valence electrons. The highest BCUT2D eigenvalue weighted by Crippen LogP contribution is 2.33. The molecule has 0 heterocycles. The Morgan fingerprint density at radius 2 is 2.00 bits per heavy atom. The second kappa shape index (κ2) is 6.07. The predicted molar refractivity (Wildman–Crippen MR) is 69.9 cm³/mol. The van der Waals surface area contributed by atoms with Crippen molar-refractivity contribution in [2.24, 2.45) is 0 Å². The molecular weight excluding hydrogens is 277 g/mol. The van der Waals surface area contributed by atoms with Gasteiger partial charge in [0, 0.05) is 11.6 Å². The largest absolute Gasteiger partial charge is 0.479 e. The van der Waals surface area contributed by atoms with E-state index < -0.39 is 12.0 Å². The van der Waals surface area contributed by atoms with E-state index in [0.717, 1.165) is 0 Å². The number of rotatable bonds is 5. The van der Waals surface area contributed by atoms with Crippen molar-refractivity contribution in [2.75, 3.05) is 0 Å². The lowest BCUT2D eigenvalue weighted by atomic mass is 10.0. The molecule has 1 amide bonds. The van der Waals surface area contributed by atoms with Crippen LogP contribution in [0.25, 0.3) is 0 Å². The first-order valence-electron chi connectivity index (χ1n) is 5.29. The van der Waals surface area contributed by atoms with Crippen molar-refractivity contribution in [3.8, 4) is 0 Å². The number of hydrogen-bond acceptors (Lipinski definition) is 2. The van der Waals surface area contributed by atoms with Crippen LogP contribution >= 0.6 is 23.2 Å². The zero-order chi connectivity index (χ0) is 13.9. The van der Waals surface area contributed by atoms with Crippen LogP contribution in [-0.4, -0.2) is 28.4 Å². The van der Waals surface area contributed by atoms with Gasteiger partial charge in [0.15, 0.2) is 6.04 Å². The van der Waals surface area contributed by atoms with Crippen LogP contribution in [0.5, 0.6) is 0 Å². The first kappa shape index (κ1) is 14.8. The fourth-order valence-corrected chi connectivity index (χ4v) is 2.04. The summed E-state index contributed by atoms with van der Waals surface area (Å²) in [5, 5.41) is 9.70. The van der Waals surface area contributed by atoms with E-state index in [1.54, 1.807) is 32.0 Å². The third kappa shape index (κ3) is 2.94. The van der Waals surface area contributed by atoms with Crippen molar-refractivity contribution in [3.63, 3.8) is 0 Å². The first-order chi connectivity index (χ1) is 8.40. The van der Waals surface area contributed by atoms with Crippen LogP contribution in [0.1, 0.15) is 25.5 Å². The number of carbonyl (C=O) groups excluding carboxylic acids is 1. The van der Waals surface area contributed by atoms with Gasteiger partial charge in [-0.25, -0.2) is 4.79 Å². The van der Waals surface area contributed by atoms with Gasteiger partial charge in [0.2, 0.25) is 6.41 Å². The van der Waals surface area contributed by atoms with E-state index in [0.29, 0.717) is 12.0 Å². The Morgan fingerprint density at radius 3 is 2.44 bits per heavy atom. The zero-order valence-corrected chi connectivity index (χ0v) is 11.4. The minimum absolute atomic E-state index is 0.152. The number of amides is 1.